The molecular weight excluding hydrogens is 374 g/mol. The van der Waals surface area contributed by atoms with E-state index in [1.165, 1.54) is 11.8 Å². The highest BCUT2D eigenvalue weighted by atomic mass is 35.5. The number of thioether (sulfide) groups is 2. The van der Waals surface area contributed by atoms with Crippen LogP contribution in [0.15, 0.2) is 58.6 Å². The molecule has 130 valence electrons. The second-order valence-corrected chi connectivity index (χ2v) is 7.93. The molecule has 0 radical (unpaired) electrons. The van der Waals surface area contributed by atoms with Crippen LogP contribution in [0.5, 0.6) is 0 Å². The second kappa shape index (κ2) is 8.65. The molecular formula is C18H18ClN3OS2. The maximum Gasteiger partial charge on any atom is 0.230 e. The minimum Gasteiger partial charge on any atom is -0.355 e. The van der Waals surface area contributed by atoms with Gasteiger partial charge >= 0.3 is 0 Å². The van der Waals surface area contributed by atoms with Gasteiger partial charge in [0.2, 0.25) is 5.91 Å². The number of hydrogen-bond donors (Lipinski definition) is 1. The van der Waals surface area contributed by atoms with E-state index in [1.807, 2.05) is 60.1 Å². The Morgan fingerprint density at radius 3 is 2.68 bits per heavy atom. The summed E-state index contributed by atoms with van der Waals surface area (Å²) in [5.74, 6) is 1.21. The number of imidazole rings is 1. The lowest BCUT2D eigenvalue weighted by Crippen LogP contribution is -2.27. The number of rotatable bonds is 7. The molecule has 0 aliphatic carbocycles. The Balaban J connectivity index is 1.41. The highest BCUT2D eigenvalue weighted by molar-refractivity contribution is 7.99. The standard InChI is InChI=1S/C18H18ClN3OS2/c1-22-16-5-3-2-4-15(16)21-18(22)25-12-17(23)20-10-11-24-14-8-6-13(19)7-9-14/h2-9H,10-12H2,1H3,(H,20,23). The summed E-state index contributed by atoms with van der Waals surface area (Å²) < 4.78 is 2.02. The van der Waals surface area contributed by atoms with Crippen LogP contribution in [0.4, 0.5) is 0 Å². The molecule has 1 N–H and O–H groups in total. The summed E-state index contributed by atoms with van der Waals surface area (Å²) in [6.07, 6.45) is 0. The van der Waals surface area contributed by atoms with E-state index in [0.29, 0.717) is 12.3 Å². The maximum absolute atomic E-state index is 12.0. The molecule has 0 saturated heterocycles. The molecule has 0 aliphatic rings. The number of carbonyl (C=O) groups excluding carboxylic acids is 1. The molecule has 1 heterocycles. The Bertz CT molecular complexity index is 864. The van der Waals surface area contributed by atoms with Crippen LogP contribution in [-0.2, 0) is 11.8 Å². The number of amides is 1. The summed E-state index contributed by atoms with van der Waals surface area (Å²) in [4.78, 5) is 17.7. The zero-order chi connectivity index (χ0) is 17.6. The van der Waals surface area contributed by atoms with Crippen molar-refractivity contribution in [2.24, 2.45) is 7.05 Å². The van der Waals surface area contributed by atoms with E-state index in [0.717, 1.165) is 31.9 Å². The van der Waals surface area contributed by atoms with Crippen LogP contribution in [-0.4, -0.2) is 33.5 Å². The minimum absolute atomic E-state index is 0.0220. The Morgan fingerprint density at radius 1 is 1.16 bits per heavy atom. The molecule has 3 aromatic rings. The van der Waals surface area contributed by atoms with Gasteiger partial charge in [-0.05, 0) is 36.4 Å². The van der Waals surface area contributed by atoms with Crippen LogP contribution in [0.1, 0.15) is 0 Å². The van der Waals surface area contributed by atoms with Crippen LogP contribution in [0, 0.1) is 0 Å². The topological polar surface area (TPSA) is 46.9 Å². The van der Waals surface area contributed by atoms with E-state index >= 15 is 0 Å². The molecule has 2 aromatic carbocycles. The first-order valence-electron chi connectivity index (χ1n) is 7.83. The van der Waals surface area contributed by atoms with Gasteiger partial charge in [0.05, 0.1) is 16.8 Å². The number of hydrogen-bond acceptors (Lipinski definition) is 4. The van der Waals surface area contributed by atoms with Gasteiger partial charge < -0.3 is 9.88 Å². The maximum atomic E-state index is 12.0. The summed E-state index contributed by atoms with van der Waals surface area (Å²) in [5.41, 5.74) is 2.03. The predicted octanol–water partition coefficient (Wildman–Crippen LogP) is 4.23. The number of aromatic nitrogens is 2. The van der Waals surface area contributed by atoms with E-state index in [2.05, 4.69) is 10.3 Å². The second-order valence-electron chi connectivity index (χ2n) is 5.38. The lowest BCUT2D eigenvalue weighted by Gasteiger charge is -2.05. The molecule has 4 nitrogen and oxygen atoms in total. The van der Waals surface area contributed by atoms with Crippen LogP contribution in [0.3, 0.4) is 0 Å². The normalized spacial score (nSPS) is 11.0. The molecule has 0 aliphatic heterocycles. The monoisotopic (exact) mass is 391 g/mol. The van der Waals surface area contributed by atoms with Crippen LogP contribution < -0.4 is 5.32 Å². The molecule has 0 atom stereocenters. The number of aryl methyl sites for hydroxylation is 1. The summed E-state index contributed by atoms with van der Waals surface area (Å²) in [6, 6.07) is 15.7. The van der Waals surface area contributed by atoms with Gasteiger partial charge in [0.15, 0.2) is 5.16 Å². The quantitative estimate of drug-likeness (QED) is 0.483. The summed E-state index contributed by atoms with van der Waals surface area (Å²) in [7, 11) is 1.97. The highest BCUT2D eigenvalue weighted by Gasteiger charge is 2.10. The van der Waals surface area contributed by atoms with E-state index in [1.54, 1.807) is 11.8 Å². The first-order valence-corrected chi connectivity index (χ1v) is 10.2. The fraction of sp³-hybridized carbons (Fsp3) is 0.222. The largest absolute Gasteiger partial charge is 0.355 e. The third-order valence-corrected chi connectivity index (χ3v) is 5.88. The Kier molecular flexibility index (Phi) is 6.29. The van der Waals surface area contributed by atoms with Crippen LogP contribution in [0.25, 0.3) is 11.0 Å². The number of benzene rings is 2. The molecule has 0 spiro atoms. The van der Waals surface area contributed by atoms with Gasteiger partial charge in [-0.25, -0.2) is 4.98 Å². The van der Waals surface area contributed by atoms with Crippen molar-refractivity contribution in [3.63, 3.8) is 0 Å². The van der Waals surface area contributed by atoms with E-state index in [4.69, 9.17) is 11.6 Å². The van der Waals surface area contributed by atoms with Gasteiger partial charge in [-0.1, -0.05) is 35.5 Å². The summed E-state index contributed by atoms with van der Waals surface area (Å²) in [6.45, 7) is 0.634. The Hall–Kier alpha value is -1.63. The molecule has 7 heteroatoms. The molecule has 3 rings (SSSR count). The molecule has 0 fully saturated rings. The van der Waals surface area contributed by atoms with Gasteiger partial charge in [-0.2, -0.15) is 0 Å². The van der Waals surface area contributed by atoms with Crippen molar-refractivity contribution in [1.82, 2.24) is 14.9 Å². The first kappa shape index (κ1) is 18.2. The van der Waals surface area contributed by atoms with Gasteiger partial charge in [-0.3, -0.25) is 4.79 Å². The molecule has 0 unspecified atom stereocenters. The SMILES string of the molecule is Cn1c(SCC(=O)NCCSc2ccc(Cl)cc2)nc2ccccc21. The summed E-state index contributed by atoms with van der Waals surface area (Å²) in [5, 5.41) is 4.53. The zero-order valence-electron chi connectivity index (χ0n) is 13.7. The van der Waals surface area contributed by atoms with Crippen molar-refractivity contribution < 1.29 is 4.79 Å². The number of halogens is 1. The Labute approximate surface area is 160 Å². The lowest BCUT2D eigenvalue weighted by atomic mass is 10.3. The van der Waals surface area contributed by atoms with E-state index < -0.39 is 0 Å². The smallest absolute Gasteiger partial charge is 0.230 e. The number of nitrogens with zero attached hydrogens (tertiary/aromatic N) is 2. The van der Waals surface area contributed by atoms with Crippen molar-refractivity contribution in [2.75, 3.05) is 18.1 Å². The predicted molar refractivity (Wildman–Crippen MR) is 107 cm³/mol. The van der Waals surface area contributed by atoms with Gasteiger partial charge in [0.1, 0.15) is 0 Å². The van der Waals surface area contributed by atoms with Crippen molar-refractivity contribution in [3.8, 4) is 0 Å². The number of nitrogens with one attached hydrogen (secondary N) is 1. The fourth-order valence-electron chi connectivity index (χ4n) is 2.32. The van der Waals surface area contributed by atoms with Crippen molar-refractivity contribution >= 4 is 52.1 Å². The van der Waals surface area contributed by atoms with E-state index in [-0.39, 0.29) is 5.91 Å². The molecule has 25 heavy (non-hydrogen) atoms. The zero-order valence-corrected chi connectivity index (χ0v) is 16.1. The highest BCUT2D eigenvalue weighted by Crippen LogP contribution is 2.22. The van der Waals surface area contributed by atoms with Crippen molar-refractivity contribution in [1.29, 1.82) is 0 Å². The van der Waals surface area contributed by atoms with Gasteiger partial charge in [0.25, 0.3) is 0 Å². The number of fused-ring (bicyclic) bond motifs is 1. The van der Waals surface area contributed by atoms with Crippen molar-refractivity contribution in [3.05, 3.63) is 53.6 Å². The summed E-state index contributed by atoms with van der Waals surface area (Å²) >= 11 is 9.01. The number of carbonyl (C=O) groups is 1. The van der Waals surface area contributed by atoms with Crippen LogP contribution >= 0.6 is 35.1 Å². The lowest BCUT2D eigenvalue weighted by molar-refractivity contribution is -0.118. The van der Waals surface area contributed by atoms with Gasteiger partial charge in [0, 0.05) is 29.3 Å². The fourth-order valence-corrected chi connectivity index (χ4v) is 4.04. The average molecular weight is 392 g/mol. The third kappa shape index (κ3) is 4.93. The first-order chi connectivity index (χ1) is 12.1. The molecule has 1 aromatic heterocycles. The van der Waals surface area contributed by atoms with Gasteiger partial charge in [-0.15, -0.1) is 11.8 Å². The molecule has 0 bridgehead atoms. The molecule has 1 amide bonds. The minimum atomic E-state index is 0.0220. The van der Waals surface area contributed by atoms with Crippen LogP contribution in [0.2, 0.25) is 5.02 Å². The third-order valence-electron chi connectivity index (χ3n) is 3.59. The average Bonchev–Trinajstić information content (AvgIpc) is 2.95. The molecule has 0 saturated carbocycles. The Morgan fingerprint density at radius 2 is 1.92 bits per heavy atom. The van der Waals surface area contributed by atoms with E-state index in [9.17, 15) is 4.79 Å². The van der Waals surface area contributed by atoms with Crippen molar-refractivity contribution in [2.45, 2.75) is 10.1 Å². The number of para-hydroxylation sites is 2.